The number of hydrogen-bond acceptors (Lipinski definition) is 8. The Bertz CT molecular complexity index is 1020. The van der Waals surface area contributed by atoms with E-state index in [0.717, 1.165) is 29.2 Å². The summed E-state index contributed by atoms with van der Waals surface area (Å²) in [5.74, 6) is 0.905. The van der Waals surface area contributed by atoms with Gasteiger partial charge in [-0.1, -0.05) is 17.0 Å². The number of aromatic nitrogens is 5. The van der Waals surface area contributed by atoms with Crippen molar-refractivity contribution in [3.05, 3.63) is 53.1 Å². The average Bonchev–Trinajstić information content (AvgIpc) is 3.21. The molecule has 0 atom stereocenters. The minimum absolute atomic E-state index is 0.266. The fourth-order valence-electron chi connectivity index (χ4n) is 3.03. The van der Waals surface area contributed by atoms with Crippen LogP contribution in [0.2, 0.25) is 0 Å². The second-order valence-corrected chi connectivity index (χ2v) is 7.97. The van der Waals surface area contributed by atoms with E-state index in [-0.39, 0.29) is 11.6 Å². The minimum Gasteiger partial charge on any atom is -0.497 e. The normalized spacial score (nSPS) is 10.9. The molecule has 0 fully saturated rings. The van der Waals surface area contributed by atoms with Crippen molar-refractivity contribution in [2.45, 2.75) is 38.1 Å². The zero-order valence-corrected chi connectivity index (χ0v) is 19.6. The standard InChI is InChI=1S/C22H28N6O3S/c1-5-31-12-6-11-23-21(29)20-19(14-32-22-24-15(2)13-16(3)25-22)28(27-26-20)17-7-9-18(30-4)10-8-17/h7-10,13H,5-6,11-12,14H2,1-4H3,(H,23,29). The van der Waals surface area contributed by atoms with Crippen molar-refractivity contribution in [2.75, 3.05) is 26.9 Å². The quantitative estimate of drug-likeness (QED) is 0.267. The number of thioether (sulfide) groups is 1. The molecule has 0 spiro atoms. The molecular formula is C22H28N6O3S. The molecule has 1 amide bonds. The molecule has 0 aliphatic heterocycles. The third-order valence-electron chi connectivity index (χ3n) is 4.55. The lowest BCUT2D eigenvalue weighted by molar-refractivity contribution is 0.0938. The summed E-state index contributed by atoms with van der Waals surface area (Å²) in [5.41, 5.74) is 3.54. The summed E-state index contributed by atoms with van der Waals surface area (Å²) < 4.78 is 12.2. The smallest absolute Gasteiger partial charge is 0.273 e. The Morgan fingerprint density at radius 3 is 2.53 bits per heavy atom. The van der Waals surface area contributed by atoms with E-state index >= 15 is 0 Å². The maximum absolute atomic E-state index is 12.8. The average molecular weight is 457 g/mol. The van der Waals surface area contributed by atoms with E-state index in [2.05, 4.69) is 25.6 Å². The second kappa shape index (κ2) is 11.6. The van der Waals surface area contributed by atoms with Gasteiger partial charge in [-0.15, -0.1) is 5.10 Å². The number of aryl methyl sites for hydroxylation is 2. The van der Waals surface area contributed by atoms with Crippen molar-refractivity contribution < 1.29 is 14.3 Å². The number of nitrogens with one attached hydrogen (secondary N) is 1. The highest BCUT2D eigenvalue weighted by Crippen LogP contribution is 2.24. The van der Waals surface area contributed by atoms with E-state index in [9.17, 15) is 4.79 Å². The molecule has 32 heavy (non-hydrogen) atoms. The maximum Gasteiger partial charge on any atom is 0.273 e. The van der Waals surface area contributed by atoms with Crippen LogP contribution in [0.15, 0.2) is 35.5 Å². The summed E-state index contributed by atoms with van der Waals surface area (Å²) in [6, 6.07) is 9.36. The van der Waals surface area contributed by atoms with Gasteiger partial charge in [-0.2, -0.15) is 0 Å². The fraction of sp³-hybridized carbons (Fsp3) is 0.409. The van der Waals surface area contributed by atoms with E-state index in [1.54, 1.807) is 11.8 Å². The summed E-state index contributed by atoms with van der Waals surface area (Å²) in [6.45, 7) is 7.57. The lowest BCUT2D eigenvalue weighted by Gasteiger charge is -2.09. The Labute approximate surface area is 191 Å². The summed E-state index contributed by atoms with van der Waals surface area (Å²) in [6.07, 6.45) is 0.729. The van der Waals surface area contributed by atoms with Crippen LogP contribution in [-0.4, -0.2) is 57.7 Å². The Hall–Kier alpha value is -2.98. The Morgan fingerprint density at radius 2 is 1.88 bits per heavy atom. The number of carbonyl (C=O) groups is 1. The first-order chi connectivity index (χ1) is 15.5. The van der Waals surface area contributed by atoms with Crippen molar-refractivity contribution in [1.29, 1.82) is 0 Å². The molecule has 3 aromatic rings. The zero-order chi connectivity index (χ0) is 22.9. The van der Waals surface area contributed by atoms with Crippen LogP contribution in [-0.2, 0) is 10.5 Å². The molecule has 0 saturated carbocycles. The molecule has 10 heteroatoms. The number of nitrogens with zero attached hydrogens (tertiary/aromatic N) is 5. The van der Waals surface area contributed by atoms with Gasteiger partial charge in [0.05, 0.1) is 18.5 Å². The van der Waals surface area contributed by atoms with Gasteiger partial charge in [-0.3, -0.25) is 4.79 Å². The molecule has 170 valence electrons. The highest BCUT2D eigenvalue weighted by atomic mass is 32.2. The predicted molar refractivity (Wildman–Crippen MR) is 122 cm³/mol. The number of benzene rings is 1. The van der Waals surface area contributed by atoms with E-state index in [1.807, 2.05) is 51.1 Å². The highest BCUT2D eigenvalue weighted by Gasteiger charge is 2.21. The number of hydrogen-bond donors (Lipinski definition) is 1. The van der Waals surface area contributed by atoms with Crippen LogP contribution < -0.4 is 10.1 Å². The topological polar surface area (TPSA) is 104 Å². The second-order valence-electron chi connectivity index (χ2n) is 7.02. The molecule has 0 unspecified atom stereocenters. The van der Waals surface area contributed by atoms with Crippen LogP contribution in [0.5, 0.6) is 5.75 Å². The first-order valence-electron chi connectivity index (χ1n) is 10.4. The van der Waals surface area contributed by atoms with Crippen LogP contribution >= 0.6 is 11.8 Å². The first-order valence-corrected chi connectivity index (χ1v) is 11.4. The zero-order valence-electron chi connectivity index (χ0n) is 18.8. The van der Waals surface area contributed by atoms with Crippen molar-refractivity contribution >= 4 is 17.7 Å². The van der Waals surface area contributed by atoms with Gasteiger partial charge >= 0.3 is 0 Å². The highest BCUT2D eigenvalue weighted by molar-refractivity contribution is 7.98. The van der Waals surface area contributed by atoms with Gasteiger partial charge in [0.1, 0.15) is 5.75 Å². The molecule has 0 radical (unpaired) electrons. The third-order valence-corrected chi connectivity index (χ3v) is 5.41. The van der Waals surface area contributed by atoms with Gasteiger partial charge in [0, 0.05) is 36.9 Å². The number of ether oxygens (including phenoxy) is 2. The molecule has 9 nitrogen and oxygen atoms in total. The number of amides is 1. The SMILES string of the molecule is CCOCCCNC(=O)c1nnn(-c2ccc(OC)cc2)c1CSc1nc(C)cc(C)n1. The van der Waals surface area contributed by atoms with Crippen molar-refractivity contribution in [1.82, 2.24) is 30.3 Å². The molecule has 0 aliphatic carbocycles. The molecule has 3 rings (SSSR count). The van der Waals surface area contributed by atoms with Crippen molar-refractivity contribution in [3.63, 3.8) is 0 Å². The molecule has 0 aliphatic rings. The first kappa shape index (κ1) is 23.7. The van der Waals surface area contributed by atoms with Crippen LogP contribution in [0.25, 0.3) is 5.69 Å². The maximum atomic E-state index is 12.8. The molecule has 0 saturated heterocycles. The Balaban J connectivity index is 1.83. The van der Waals surface area contributed by atoms with Crippen LogP contribution in [0, 0.1) is 13.8 Å². The number of rotatable bonds is 11. The largest absolute Gasteiger partial charge is 0.497 e. The lowest BCUT2D eigenvalue weighted by atomic mass is 10.2. The van der Waals surface area contributed by atoms with Crippen molar-refractivity contribution in [3.8, 4) is 11.4 Å². The van der Waals surface area contributed by atoms with Crippen LogP contribution in [0.3, 0.4) is 0 Å². The molecule has 1 aromatic carbocycles. The molecule has 1 N–H and O–H groups in total. The summed E-state index contributed by atoms with van der Waals surface area (Å²) in [4.78, 5) is 21.8. The summed E-state index contributed by atoms with van der Waals surface area (Å²) in [5, 5.41) is 12.0. The van der Waals surface area contributed by atoms with Gasteiger partial charge < -0.3 is 14.8 Å². The van der Waals surface area contributed by atoms with E-state index in [1.165, 1.54) is 11.8 Å². The van der Waals surface area contributed by atoms with Gasteiger partial charge in [0.2, 0.25) is 0 Å². The monoisotopic (exact) mass is 456 g/mol. The molecular weight excluding hydrogens is 428 g/mol. The predicted octanol–water partition coefficient (Wildman–Crippen LogP) is 3.13. The Morgan fingerprint density at radius 1 is 1.16 bits per heavy atom. The van der Waals surface area contributed by atoms with Crippen molar-refractivity contribution in [2.24, 2.45) is 0 Å². The van der Waals surface area contributed by atoms with Gasteiger partial charge in [-0.05, 0) is 57.5 Å². The number of methoxy groups -OCH3 is 1. The van der Waals surface area contributed by atoms with Crippen LogP contribution in [0.4, 0.5) is 0 Å². The third kappa shape index (κ3) is 6.27. The van der Waals surface area contributed by atoms with E-state index < -0.39 is 0 Å². The van der Waals surface area contributed by atoms with E-state index in [0.29, 0.717) is 36.4 Å². The van der Waals surface area contributed by atoms with Crippen LogP contribution in [0.1, 0.15) is 40.9 Å². The lowest BCUT2D eigenvalue weighted by Crippen LogP contribution is -2.26. The van der Waals surface area contributed by atoms with Gasteiger partial charge in [0.15, 0.2) is 10.9 Å². The fourth-order valence-corrected chi connectivity index (χ4v) is 3.98. The Kier molecular flexibility index (Phi) is 8.57. The summed E-state index contributed by atoms with van der Waals surface area (Å²) >= 11 is 1.44. The summed E-state index contributed by atoms with van der Waals surface area (Å²) in [7, 11) is 1.62. The number of carbonyl (C=O) groups excluding carboxylic acids is 1. The van der Waals surface area contributed by atoms with E-state index in [4.69, 9.17) is 9.47 Å². The molecule has 2 heterocycles. The van der Waals surface area contributed by atoms with Gasteiger partial charge in [-0.25, -0.2) is 14.6 Å². The van der Waals surface area contributed by atoms with Gasteiger partial charge in [0.25, 0.3) is 5.91 Å². The molecule has 0 bridgehead atoms. The molecule has 2 aromatic heterocycles. The minimum atomic E-state index is -0.266.